The molecule has 4 N–H and O–H groups in total. The lowest BCUT2D eigenvalue weighted by Crippen LogP contribution is -2.51. The quantitative estimate of drug-likeness (QED) is 0.193. The summed E-state index contributed by atoms with van der Waals surface area (Å²) in [6.07, 6.45) is 16.2. The normalized spacial score (nSPS) is 35.8. The zero-order valence-corrected chi connectivity index (χ0v) is 25.9. The van der Waals surface area contributed by atoms with Gasteiger partial charge < -0.3 is 20.9 Å². The van der Waals surface area contributed by atoms with E-state index in [-0.39, 0.29) is 11.5 Å². The Morgan fingerprint density at radius 2 is 1.80 bits per heavy atom. The Kier molecular flexibility index (Phi) is 8.25. The third kappa shape index (κ3) is 5.15. The fraction of sp³-hybridized carbons (Fsp3) is 0.743. The number of ether oxygens (including phenoxy) is 2. The first-order chi connectivity index (χ1) is 19.0. The number of fused-ring (bicyclic) bond motifs is 5. The molecule has 0 aliphatic heterocycles. The van der Waals surface area contributed by atoms with Crippen LogP contribution in [0.3, 0.4) is 0 Å². The van der Waals surface area contributed by atoms with Crippen LogP contribution in [0.25, 0.3) is 0 Å². The predicted molar refractivity (Wildman–Crippen MR) is 164 cm³/mol. The second-order valence-corrected chi connectivity index (χ2v) is 14.8. The van der Waals surface area contributed by atoms with Gasteiger partial charge in [0.25, 0.3) is 0 Å². The van der Waals surface area contributed by atoms with Crippen molar-refractivity contribution in [1.82, 2.24) is 0 Å². The summed E-state index contributed by atoms with van der Waals surface area (Å²) in [6.45, 7) is 12.5. The second-order valence-electron chi connectivity index (χ2n) is 14.8. The number of nitrogen functional groups attached to an aromatic ring is 2. The Morgan fingerprint density at radius 3 is 2.52 bits per heavy atom. The van der Waals surface area contributed by atoms with E-state index in [0.29, 0.717) is 28.1 Å². The van der Waals surface area contributed by atoms with Gasteiger partial charge in [-0.15, -0.1) is 0 Å². The number of nitrogens with two attached hydrogens (primary N) is 2. The van der Waals surface area contributed by atoms with E-state index in [1.807, 2.05) is 0 Å². The molecule has 0 heterocycles. The molecule has 8 atom stereocenters. The van der Waals surface area contributed by atoms with Crippen molar-refractivity contribution in [2.45, 2.75) is 111 Å². The summed E-state index contributed by atoms with van der Waals surface area (Å²) in [5.74, 6) is 4.91. The zero-order valence-electron chi connectivity index (χ0n) is 25.9. The van der Waals surface area contributed by atoms with Gasteiger partial charge in [0, 0.05) is 12.1 Å². The molecule has 0 saturated heterocycles. The van der Waals surface area contributed by atoms with Crippen LogP contribution >= 0.6 is 0 Å². The standard InChI is InChI=1S/C35H54N2O3/c1-21(2)8-7-9-22(3)28-12-13-29-26-11-10-23-18-25(14-16-34(23,4)30(26)15-17-35(28,29)5)40-33(38)27-19-24(36)20-31(37)32(27)39-6/h10,19-22,25-26,28-30H,7-9,11-18,36-37H2,1-6H3/t22-,25+,26+,28-,29+,30+,34+,35-/m1/s1. The summed E-state index contributed by atoms with van der Waals surface area (Å²) >= 11 is 0. The van der Waals surface area contributed by atoms with Crippen molar-refractivity contribution in [2.24, 2.45) is 46.3 Å². The SMILES string of the molecule is COc1c(N)cc(N)cc1C(=O)O[C@H]1CC[C@@]2(C)C(=CC[C@H]3[C@@H]4CC[C@H]([C@H](C)CCCC(C)C)[C@@]4(C)CC[C@@H]32)C1. The van der Waals surface area contributed by atoms with Gasteiger partial charge in [0.2, 0.25) is 0 Å². The first kappa shape index (κ1) is 29.3. The van der Waals surface area contributed by atoms with Crippen LogP contribution in [0.1, 0.15) is 116 Å². The highest BCUT2D eigenvalue weighted by Crippen LogP contribution is 2.67. The number of rotatable bonds is 8. The monoisotopic (exact) mass is 550 g/mol. The minimum Gasteiger partial charge on any atom is -0.494 e. The summed E-state index contributed by atoms with van der Waals surface area (Å²) in [4.78, 5) is 13.2. The van der Waals surface area contributed by atoms with Gasteiger partial charge in [-0.3, -0.25) is 0 Å². The van der Waals surface area contributed by atoms with Crippen molar-refractivity contribution in [1.29, 1.82) is 0 Å². The van der Waals surface area contributed by atoms with Gasteiger partial charge in [-0.05, 0) is 103 Å². The summed E-state index contributed by atoms with van der Waals surface area (Å²) < 4.78 is 11.5. The molecule has 5 heteroatoms. The first-order valence-electron chi connectivity index (χ1n) is 16.1. The molecule has 222 valence electrons. The number of anilines is 2. The van der Waals surface area contributed by atoms with Crippen LogP contribution in [0, 0.1) is 46.3 Å². The molecule has 3 fully saturated rings. The van der Waals surface area contributed by atoms with Gasteiger partial charge in [-0.2, -0.15) is 0 Å². The number of benzene rings is 1. The van der Waals surface area contributed by atoms with E-state index in [0.717, 1.165) is 54.8 Å². The van der Waals surface area contributed by atoms with Crippen molar-refractivity contribution >= 4 is 17.3 Å². The molecule has 40 heavy (non-hydrogen) atoms. The fourth-order valence-electron chi connectivity index (χ4n) is 10.0. The highest BCUT2D eigenvalue weighted by Gasteiger charge is 2.59. The van der Waals surface area contributed by atoms with E-state index < -0.39 is 5.97 Å². The smallest absolute Gasteiger partial charge is 0.342 e. The number of allylic oxidation sites excluding steroid dienone is 1. The van der Waals surface area contributed by atoms with Crippen LogP contribution in [0.2, 0.25) is 0 Å². The molecule has 5 nitrogen and oxygen atoms in total. The van der Waals surface area contributed by atoms with Crippen molar-refractivity contribution in [3.8, 4) is 5.75 Å². The van der Waals surface area contributed by atoms with Gasteiger partial charge in [0.15, 0.2) is 5.75 Å². The summed E-state index contributed by atoms with van der Waals surface area (Å²) in [5.41, 5.74) is 15.4. The number of methoxy groups -OCH3 is 1. The van der Waals surface area contributed by atoms with Crippen LogP contribution in [-0.4, -0.2) is 19.2 Å². The fourth-order valence-corrected chi connectivity index (χ4v) is 10.0. The molecule has 4 aliphatic rings. The van der Waals surface area contributed by atoms with E-state index in [9.17, 15) is 4.79 Å². The minimum absolute atomic E-state index is 0.118. The lowest BCUT2D eigenvalue weighted by atomic mass is 9.47. The van der Waals surface area contributed by atoms with Crippen LogP contribution < -0.4 is 16.2 Å². The molecule has 1 aromatic rings. The number of hydrogen-bond donors (Lipinski definition) is 2. The molecule has 0 aromatic heterocycles. The number of esters is 1. The lowest BCUT2D eigenvalue weighted by Gasteiger charge is -2.58. The number of carbonyl (C=O) groups is 1. The van der Waals surface area contributed by atoms with Crippen molar-refractivity contribution in [2.75, 3.05) is 18.6 Å². The minimum atomic E-state index is -0.397. The molecule has 5 rings (SSSR count). The largest absolute Gasteiger partial charge is 0.494 e. The maximum absolute atomic E-state index is 13.2. The summed E-state index contributed by atoms with van der Waals surface area (Å²) in [5, 5.41) is 0. The van der Waals surface area contributed by atoms with E-state index >= 15 is 0 Å². The maximum Gasteiger partial charge on any atom is 0.342 e. The molecule has 4 aliphatic carbocycles. The number of hydrogen-bond acceptors (Lipinski definition) is 5. The topological polar surface area (TPSA) is 87.6 Å². The lowest BCUT2D eigenvalue weighted by molar-refractivity contribution is -0.0594. The van der Waals surface area contributed by atoms with Crippen LogP contribution in [0.5, 0.6) is 5.75 Å². The van der Waals surface area contributed by atoms with Crippen molar-refractivity contribution in [3.63, 3.8) is 0 Å². The Morgan fingerprint density at radius 1 is 1.02 bits per heavy atom. The van der Waals surface area contributed by atoms with E-state index in [2.05, 4.69) is 40.7 Å². The van der Waals surface area contributed by atoms with Gasteiger partial charge in [-0.1, -0.05) is 65.5 Å². The Balaban J connectivity index is 1.27. The molecule has 1 aromatic carbocycles. The highest BCUT2D eigenvalue weighted by molar-refractivity contribution is 5.96. The highest BCUT2D eigenvalue weighted by atomic mass is 16.5. The molecule has 0 bridgehead atoms. The van der Waals surface area contributed by atoms with Gasteiger partial charge in [-0.25, -0.2) is 4.79 Å². The van der Waals surface area contributed by atoms with E-state index in [1.54, 1.807) is 12.1 Å². The molecular formula is C35H54N2O3. The second kappa shape index (κ2) is 11.2. The van der Waals surface area contributed by atoms with Gasteiger partial charge >= 0.3 is 5.97 Å². The Labute approximate surface area is 242 Å². The number of carbonyl (C=O) groups excluding carboxylic acids is 1. The summed E-state index contributed by atoms with van der Waals surface area (Å²) in [7, 11) is 1.52. The zero-order chi connectivity index (χ0) is 28.8. The average Bonchev–Trinajstić information content (AvgIpc) is 3.25. The summed E-state index contributed by atoms with van der Waals surface area (Å²) in [6, 6.07) is 3.22. The van der Waals surface area contributed by atoms with Crippen molar-refractivity contribution in [3.05, 3.63) is 29.3 Å². The maximum atomic E-state index is 13.2. The van der Waals surface area contributed by atoms with Crippen LogP contribution in [0.4, 0.5) is 11.4 Å². The predicted octanol–water partition coefficient (Wildman–Crippen LogP) is 8.43. The third-order valence-corrected chi connectivity index (χ3v) is 12.1. The van der Waals surface area contributed by atoms with Gasteiger partial charge in [0.1, 0.15) is 11.7 Å². The Hall–Kier alpha value is -2.17. The van der Waals surface area contributed by atoms with E-state index in [4.69, 9.17) is 20.9 Å². The van der Waals surface area contributed by atoms with E-state index in [1.165, 1.54) is 64.0 Å². The first-order valence-corrected chi connectivity index (χ1v) is 16.1. The Bertz CT molecular complexity index is 1130. The molecule has 0 amide bonds. The molecule has 0 radical (unpaired) electrons. The average molecular weight is 551 g/mol. The van der Waals surface area contributed by atoms with Crippen LogP contribution in [0.15, 0.2) is 23.8 Å². The molecular weight excluding hydrogens is 496 g/mol. The third-order valence-electron chi connectivity index (χ3n) is 12.1. The molecule has 3 saturated carbocycles. The molecule has 0 spiro atoms. The van der Waals surface area contributed by atoms with Crippen LogP contribution in [-0.2, 0) is 4.74 Å². The molecule has 0 unspecified atom stereocenters. The van der Waals surface area contributed by atoms with Gasteiger partial charge in [0.05, 0.1) is 12.8 Å². The van der Waals surface area contributed by atoms with Crippen molar-refractivity contribution < 1.29 is 14.3 Å².